The number of oxime groups is 1. The van der Waals surface area contributed by atoms with Crippen LogP contribution in [0.3, 0.4) is 0 Å². The second-order valence-corrected chi connectivity index (χ2v) is 21.8. The summed E-state index contributed by atoms with van der Waals surface area (Å²) in [5, 5.41) is 30.2. The summed E-state index contributed by atoms with van der Waals surface area (Å²) in [6, 6.07) is 28.8. The van der Waals surface area contributed by atoms with Crippen molar-refractivity contribution in [2.45, 2.75) is 173 Å². The van der Waals surface area contributed by atoms with Crippen LogP contribution in [-0.2, 0) is 27.4 Å². The van der Waals surface area contributed by atoms with Gasteiger partial charge in [0, 0.05) is 37.7 Å². The smallest absolute Gasteiger partial charge is 0.412 e. The van der Waals surface area contributed by atoms with Gasteiger partial charge in [-0.2, -0.15) is 0 Å². The van der Waals surface area contributed by atoms with Gasteiger partial charge in [0.25, 0.3) is 0 Å². The highest BCUT2D eigenvalue weighted by Crippen LogP contribution is 2.62. The highest BCUT2D eigenvalue weighted by molar-refractivity contribution is 6.03. The van der Waals surface area contributed by atoms with Crippen LogP contribution >= 0.6 is 0 Å². The Morgan fingerprint density at radius 3 is 2.25 bits per heavy atom. The molecule has 3 aliphatic rings. The number of amides is 2. The van der Waals surface area contributed by atoms with E-state index >= 15 is 4.79 Å². The van der Waals surface area contributed by atoms with E-state index in [-0.39, 0.29) is 57.1 Å². The van der Waals surface area contributed by atoms with Gasteiger partial charge in [-0.1, -0.05) is 168 Å². The zero-order valence-corrected chi connectivity index (χ0v) is 45.3. The number of fused-ring (bicyclic) bond motifs is 3. The number of carbonyl (C=O) groups excluding carboxylic acids is 2. The average molecular weight is 1030 g/mol. The summed E-state index contributed by atoms with van der Waals surface area (Å²) in [6.45, 7) is 13.3. The molecule has 1 fully saturated rings. The summed E-state index contributed by atoms with van der Waals surface area (Å²) in [4.78, 5) is 37.0. The van der Waals surface area contributed by atoms with E-state index in [4.69, 9.17) is 28.9 Å². The summed E-state index contributed by atoms with van der Waals surface area (Å²) in [7, 11) is 0. The number of hydrogen-bond donors (Lipinski definition) is 3. The lowest BCUT2D eigenvalue weighted by atomic mass is 9.55. The first-order valence-electron chi connectivity index (χ1n) is 28.2. The third-order valence-electron chi connectivity index (χ3n) is 15.1. The van der Waals surface area contributed by atoms with Gasteiger partial charge in [0.2, 0.25) is 5.79 Å². The third kappa shape index (κ3) is 15.3. The Labute approximate surface area is 446 Å². The first kappa shape index (κ1) is 57.0. The number of aliphatic hydroxyl groups excluding tert-OH is 2. The SMILES string of the molecule is C=CCO[C@@]12Oc3ccc(OC(=O)NCc4ccccc4)cc3[C@H]3[C@H](CCCCO)[C@@H](CCCCO)C=C(C(=NOC(C)(C)C)C[C@@H]1N(Cc1cccc4ccccc14)C(=O)OCCCCCCCCCCCC)[C@H]32. The fourth-order valence-corrected chi connectivity index (χ4v) is 11.6. The molecule has 1 saturated carbocycles. The molecule has 0 bridgehead atoms. The van der Waals surface area contributed by atoms with Crippen LogP contribution in [0.5, 0.6) is 11.5 Å². The molecular weight excluding hydrogens is 943 g/mol. The Hall–Kier alpha value is -5.69. The summed E-state index contributed by atoms with van der Waals surface area (Å²) in [5.41, 5.74) is 3.70. The first-order chi connectivity index (χ1) is 36.5. The minimum absolute atomic E-state index is 0.0162. The van der Waals surface area contributed by atoms with Crippen molar-refractivity contribution < 1.29 is 43.6 Å². The molecule has 2 aliphatic carbocycles. The van der Waals surface area contributed by atoms with E-state index in [9.17, 15) is 15.0 Å². The molecule has 4 aromatic carbocycles. The monoisotopic (exact) mass is 1030 g/mol. The molecule has 1 heterocycles. The quantitative estimate of drug-likeness (QED) is 0.0275. The standard InChI is InChI=1S/C63H85N3O9/c1-6-8-9-10-11-12-13-14-15-25-40-71-61(70)66(45-49-32-26-31-47-29-19-20-33-51(47)49)57-43-55(65-75-62(3,4)5)53-41-48(30-21-23-37-67)52(34-22-24-38-68)58-54-42-50(73-60(69)64-44-46-27-17-16-18-28-46)35-36-56(54)74-63(57,59(53)58)72-39-7-2/h7,16-20,26-29,31-33,35-36,41-42,48,52,57-59,67-68H,2,6,8-15,21-25,30,34,37-40,43-45H2,1,3-5H3,(H,64,69)/t48-,52+,57-,58+,59+,63+/m0/s1. The maximum Gasteiger partial charge on any atom is 0.412 e. The molecule has 0 aromatic heterocycles. The van der Waals surface area contributed by atoms with Gasteiger partial charge in [-0.15, -0.1) is 6.58 Å². The molecule has 406 valence electrons. The van der Waals surface area contributed by atoms with Gasteiger partial charge in [0.1, 0.15) is 23.1 Å². The van der Waals surface area contributed by atoms with Crippen LogP contribution < -0.4 is 14.8 Å². The molecule has 1 aliphatic heterocycles. The lowest BCUT2D eigenvalue weighted by Gasteiger charge is -2.60. The number of benzene rings is 4. The highest BCUT2D eigenvalue weighted by Gasteiger charge is 2.66. The van der Waals surface area contributed by atoms with E-state index in [0.29, 0.717) is 36.6 Å². The normalized spacial score (nSPS) is 21.3. The van der Waals surface area contributed by atoms with Gasteiger partial charge in [-0.3, -0.25) is 4.90 Å². The zero-order chi connectivity index (χ0) is 53.0. The van der Waals surface area contributed by atoms with Crippen molar-refractivity contribution in [1.82, 2.24) is 10.2 Å². The third-order valence-corrected chi connectivity index (χ3v) is 15.1. The van der Waals surface area contributed by atoms with E-state index in [2.05, 4.69) is 49.2 Å². The van der Waals surface area contributed by atoms with E-state index in [1.807, 2.05) is 86.3 Å². The number of rotatable bonds is 29. The van der Waals surface area contributed by atoms with Crippen LogP contribution in [0.1, 0.15) is 159 Å². The minimum Gasteiger partial charge on any atom is -0.459 e. The number of nitrogens with zero attached hydrogens (tertiary/aromatic N) is 2. The Morgan fingerprint density at radius 1 is 0.840 bits per heavy atom. The molecule has 75 heavy (non-hydrogen) atoms. The predicted molar refractivity (Wildman–Crippen MR) is 298 cm³/mol. The molecule has 4 aromatic rings. The zero-order valence-electron chi connectivity index (χ0n) is 45.3. The van der Waals surface area contributed by atoms with Gasteiger partial charge in [-0.25, -0.2) is 9.59 Å². The summed E-state index contributed by atoms with van der Waals surface area (Å²) < 4.78 is 27.2. The van der Waals surface area contributed by atoms with Gasteiger partial charge < -0.3 is 39.3 Å². The Bertz CT molecular complexity index is 2500. The molecule has 0 spiro atoms. The molecule has 7 rings (SSSR count). The molecule has 3 N–H and O–H groups in total. The highest BCUT2D eigenvalue weighted by atomic mass is 16.7. The second kappa shape index (κ2) is 28.4. The number of allylic oxidation sites excluding steroid dienone is 1. The number of nitrogens with one attached hydrogen (secondary N) is 1. The molecule has 2 amide bonds. The van der Waals surface area contributed by atoms with Crippen molar-refractivity contribution in [3.8, 4) is 11.5 Å². The molecule has 0 unspecified atom stereocenters. The lowest BCUT2D eigenvalue weighted by molar-refractivity contribution is -0.256. The molecule has 0 saturated heterocycles. The van der Waals surface area contributed by atoms with Crippen molar-refractivity contribution in [3.05, 3.63) is 132 Å². The summed E-state index contributed by atoms with van der Waals surface area (Å²) in [6.07, 6.45) is 19.2. The fraction of sp³-hybridized carbons (Fsp3) is 0.540. The number of ether oxygens (including phenoxy) is 4. The van der Waals surface area contributed by atoms with Crippen molar-refractivity contribution in [1.29, 1.82) is 0 Å². The van der Waals surface area contributed by atoms with Crippen molar-refractivity contribution in [2.75, 3.05) is 26.4 Å². The van der Waals surface area contributed by atoms with Gasteiger partial charge in [-0.05, 0) is 110 Å². The van der Waals surface area contributed by atoms with E-state index in [0.717, 1.165) is 78.0 Å². The van der Waals surface area contributed by atoms with Gasteiger partial charge in [0.15, 0.2) is 0 Å². The van der Waals surface area contributed by atoms with Crippen LogP contribution in [0.4, 0.5) is 9.59 Å². The summed E-state index contributed by atoms with van der Waals surface area (Å²) >= 11 is 0. The molecule has 0 radical (unpaired) electrons. The number of hydrogen-bond acceptors (Lipinski definition) is 10. The van der Waals surface area contributed by atoms with Crippen molar-refractivity contribution in [2.24, 2.45) is 22.9 Å². The maximum absolute atomic E-state index is 15.4. The largest absolute Gasteiger partial charge is 0.459 e. The van der Waals surface area contributed by atoms with Crippen LogP contribution in [0, 0.1) is 17.8 Å². The Morgan fingerprint density at radius 2 is 1.53 bits per heavy atom. The Kier molecular flexibility index (Phi) is 21.6. The maximum atomic E-state index is 15.4. The van der Waals surface area contributed by atoms with E-state index in [1.165, 1.54) is 44.9 Å². The fourth-order valence-electron chi connectivity index (χ4n) is 11.6. The van der Waals surface area contributed by atoms with Gasteiger partial charge >= 0.3 is 12.2 Å². The molecule has 6 atom stereocenters. The Balaban J connectivity index is 1.34. The average Bonchev–Trinajstić information content (AvgIpc) is 3.44. The topological polar surface area (TPSA) is 148 Å². The van der Waals surface area contributed by atoms with E-state index in [1.54, 1.807) is 12.1 Å². The number of aliphatic hydroxyl groups is 2. The van der Waals surface area contributed by atoms with Crippen molar-refractivity contribution >= 4 is 28.7 Å². The van der Waals surface area contributed by atoms with Gasteiger partial charge in [0.05, 0.1) is 31.4 Å². The van der Waals surface area contributed by atoms with Crippen LogP contribution in [-0.4, -0.2) is 76.9 Å². The van der Waals surface area contributed by atoms with Crippen LogP contribution in [0.15, 0.2) is 120 Å². The summed E-state index contributed by atoms with van der Waals surface area (Å²) in [5.74, 6) is -1.50. The van der Waals surface area contributed by atoms with Crippen LogP contribution in [0.2, 0.25) is 0 Å². The first-order valence-corrected chi connectivity index (χ1v) is 28.2. The second-order valence-electron chi connectivity index (χ2n) is 21.8. The lowest BCUT2D eigenvalue weighted by Crippen LogP contribution is -2.70. The number of unbranched alkanes of at least 4 members (excludes halogenated alkanes) is 11. The predicted octanol–water partition coefficient (Wildman–Crippen LogP) is 14.1. The van der Waals surface area contributed by atoms with E-state index < -0.39 is 35.5 Å². The molecule has 12 nitrogen and oxygen atoms in total. The van der Waals surface area contributed by atoms with Crippen LogP contribution in [0.25, 0.3) is 10.8 Å². The molecular formula is C63H85N3O9. The molecule has 12 heteroatoms. The van der Waals surface area contributed by atoms with Crippen molar-refractivity contribution in [3.63, 3.8) is 0 Å². The minimum atomic E-state index is -1.51. The number of carbonyl (C=O) groups is 2.